The van der Waals surface area contributed by atoms with Crippen molar-refractivity contribution in [2.24, 2.45) is 0 Å². The minimum absolute atomic E-state index is 0.126. The zero-order valence-electron chi connectivity index (χ0n) is 16.0. The molecule has 2 aromatic carbocycles. The van der Waals surface area contributed by atoms with Gasteiger partial charge in [0.15, 0.2) is 0 Å². The molecule has 2 aromatic rings. The summed E-state index contributed by atoms with van der Waals surface area (Å²) in [7, 11) is -4.00. The smallest absolute Gasteiger partial charge is 0.303 e. The Morgan fingerprint density at radius 3 is 2.37 bits per heavy atom. The lowest BCUT2D eigenvalue weighted by molar-refractivity contribution is -0.384. The molecule has 0 fully saturated rings. The zero-order chi connectivity index (χ0) is 21.7. The van der Waals surface area contributed by atoms with Crippen LogP contribution in [-0.2, 0) is 30.9 Å². The predicted octanol–water partition coefficient (Wildman–Crippen LogP) is 2.33. The topological polar surface area (TPSA) is 125 Å². The first-order valence-corrected chi connectivity index (χ1v) is 10.5. The summed E-state index contributed by atoms with van der Waals surface area (Å²) in [6.45, 7) is 1.46. The van der Waals surface area contributed by atoms with Crippen LogP contribution in [0, 0.1) is 10.1 Å². The fraction of sp³-hybridized carbons (Fsp3) is 0.250. The number of sulfonamides is 1. The number of rotatable bonds is 8. The van der Waals surface area contributed by atoms with Crippen molar-refractivity contribution >= 4 is 21.7 Å². The Kier molecular flexibility index (Phi) is 6.60. The van der Waals surface area contributed by atoms with E-state index in [1.165, 1.54) is 6.92 Å². The van der Waals surface area contributed by atoms with Gasteiger partial charge in [-0.1, -0.05) is 36.4 Å². The van der Waals surface area contributed by atoms with Gasteiger partial charge in [0, 0.05) is 19.1 Å². The van der Waals surface area contributed by atoms with E-state index in [0.29, 0.717) is 0 Å². The minimum Gasteiger partial charge on any atom is -0.455 e. The molecule has 0 unspecified atom stereocenters. The Hall–Kier alpha value is -3.08. The van der Waals surface area contributed by atoms with Crippen LogP contribution in [0.5, 0.6) is 0 Å². The number of non-ortho nitro benzene ring substituents is 1. The normalized spacial score (nSPS) is 20.8. The maximum absolute atomic E-state index is 12.7. The Labute approximate surface area is 173 Å². The number of nitro groups is 1. The van der Waals surface area contributed by atoms with E-state index in [9.17, 15) is 23.3 Å². The number of hydrogen-bond acceptors (Lipinski definition) is 7. The number of carbonyl (C=O) groups excluding carboxylic acids is 1. The van der Waals surface area contributed by atoms with Crippen molar-refractivity contribution in [2.45, 2.75) is 36.7 Å². The van der Waals surface area contributed by atoms with E-state index < -0.39 is 39.2 Å². The molecule has 0 bridgehead atoms. The molecule has 3 atom stereocenters. The number of nitrogens with zero attached hydrogens (tertiary/aromatic N) is 1. The van der Waals surface area contributed by atoms with E-state index in [4.69, 9.17) is 9.47 Å². The van der Waals surface area contributed by atoms with Crippen LogP contribution in [0.4, 0.5) is 5.69 Å². The van der Waals surface area contributed by atoms with E-state index in [2.05, 4.69) is 4.72 Å². The molecule has 1 aliphatic rings. The highest BCUT2D eigenvalue weighted by molar-refractivity contribution is 7.89. The molecule has 0 radical (unpaired) electrons. The average Bonchev–Trinajstić information content (AvgIpc) is 3.07. The first-order chi connectivity index (χ1) is 14.3. The molecule has 0 amide bonds. The standard InChI is InChI=1S/C20H20N2O7S/c1-14(23)29-19-12-11-18(20(19)28-13-15-5-3-2-4-6-15)21-30(26,27)17-9-7-16(8-10-17)22(24)25/h2-12,18-21H,13H2,1H3/t18-,19+,20+/m0/s1. The van der Waals surface area contributed by atoms with Crippen LogP contribution in [0.25, 0.3) is 0 Å². The van der Waals surface area contributed by atoms with Gasteiger partial charge in [0.05, 0.1) is 22.5 Å². The summed E-state index contributed by atoms with van der Waals surface area (Å²) in [4.78, 5) is 21.4. The van der Waals surface area contributed by atoms with Gasteiger partial charge in [-0.15, -0.1) is 0 Å². The molecule has 0 saturated carbocycles. The third kappa shape index (κ3) is 5.29. The molecule has 1 aliphatic carbocycles. The molecule has 0 spiro atoms. The van der Waals surface area contributed by atoms with Gasteiger partial charge in [0.2, 0.25) is 10.0 Å². The van der Waals surface area contributed by atoms with Gasteiger partial charge >= 0.3 is 5.97 Å². The Morgan fingerprint density at radius 2 is 1.77 bits per heavy atom. The third-order valence-electron chi connectivity index (χ3n) is 4.42. The lowest BCUT2D eigenvalue weighted by Gasteiger charge is -2.26. The third-order valence-corrected chi connectivity index (χ3v) is 5.90. The Bertz CT molecular complexity index is 1040. The quantitative estimate of drug-likeness (QED) is 0.294. The number of nitro benzene ring substituents is 1. The van der Waals surface area contributed by atoms with Crippen LogP contribution < -0.4 is 4.72 Å². The molecular weight excluding hydrogens is 412 g/mol. The highest BCUT2D eigenvalue weighted by Crippen LogP contribution is 2.23. The highest BCUT2D eigenvalue weighted by Gasteiger charge is 2.37. The molecule has 3 rings (SSSR count). The van der Waals surface area contributed by atoms with Crippen molar-refractivity contribution in [1.82, 2.24) is 4.72 Å². The number of hydrogen-bond donors (Lipinski definition) is 1. The molecule has 158 valence electrons. The van der Waals surface area contributed by atoms with Crippen LogP contribution in [0.15, 0.2) is 71.6 Å². The van der Waals surface area contributed by atoms with Crippen LogP contribution in [0.1, 0.15) is 12.5 Å². The summed E-state index contributed by atoms with van der Waals surface area (Å²) in [5.41, 5.74) is 0.664. The Morgan fingerprint density at radius 1 is 1.10 bits per heavy atom. The van der Waals surface area contributed by atoms with Crippen molar-refractivity contribution in [3.05, 3.63) is 82.4 Å². The van der Waals surface area contributed by atoms with Gasteiger partial charge in [0.1, 0.15) is 12.2 Å². The van der Waals surface area contributed by atoms with Gasteiger partial charge in [-0.2, -0.15) is 0 Å². The van der Waals surface area contributed by atoms with E-state index in [0.717, 1.165) is 29.8 Å². The number of esters is 1. The summed E-state index contributed by atoms with van der Waals surface area (Å²) >= 11 is 0. The summed E-state index contributed by atoms with van der Waals surface area (Å²) in [6.07, 6.45) is 1.60. The molecule has 10 heteroatoms. The second-order valence-electron chi connectivity index (χ2n) is 6.62. The first-order valence-electron chi connectivity index (χ1n) is 9.04. The van der Waals surface area contributed by atoms with E-state index >= 15 is 0 Å². The predicted molar refractivity (Wildman–Crippen MR) is 107 cm³/mol. The lowest BCUT2D eigenvalue weighted by atomic mass is 10.2. The van der Waals surface area contributed by atoms with E-state index in [-0.39, 0.29) is 17.2 Å². The molecule has 9 nitrogen and oxygen atoms in total. The van der Waals surface area contributed by atoms with Crippen LogP contribution in [0.3, 0.4) is 0 Å². The summed E-state index contributed by atoms with van der Waals surface area (Å²) in [6, 6.07) is 13.0. The SMILES string of the molecule is CC(=O)O[C@@H]1C=C[C@H](NS(=O)(=O)c2ccc([N+](=O)[O-])cc2)[C@H]1OCc1ccccc1. The number of nitrogens with one attached hydrogen (secondary N) is 1. The summed E-state index contributed by atoms with van der Waals surface area (Å²) in [5.74, 6) is -0.517. The monoisotopic (exact) mass is 432 g/mol. The fourth-order valence-electron chi connectivity index (χ4n) is 3.02. The second-order valence-corrected chi connectivity index (χ2v) is 8.33. The second kappa shape index (κ2) is 9.16. The molecule has 1 N–H and O–H groups in total. The molecule has 30 heavy (non-hydrogen) atoms. The number of benzene rings is 2. The average molecular weight is 432 g/mol. The molecule has 0 aliphatic heterocycles. The largest absolute Gasteiger partial charge is 0.455 e. The summed E-state index contributed by atoms with van der Waals surface area (Å²) in [5, 5.41) is 10.8. The van der Waals surface area contributed by atoms with E-state index in [1.807, 2.05) is 30.3 Å². The van der Waals surface area contributed by atoms with Crippen LogP contribution >= 0.6 is 0 Å². The summed E-state index contributed by atoms with van der Waals surface area (Å²) < 4.78 is 39.1. The number of carbonyl (C=O) groups is 1. The Balaban J connectivity index is 1.76. The van der Waals surface area contributed by atoms with Crippen molar-refractivity contribution in [2.75, 3.05) is 0 Å². The van der Waals surface area contributed by atoms with Crippen molar-refractivity contribution in [1.29, 1.82) is 0 Å². The van der Waals surface area contributed by atoms with Crippen LogP contribution in [-0.4, -0.2) is 37.6 Å². The molecule has 0 aromatic heterocycles. The zero-order valence-corrected chi connectivity index (χ0v) is 16.8. The van der Waals surface area contributed by atoms with Gasteiger partial charge < -0.3 is 9.47 Å². The van der Waals surface area contributed by atoms with Gasteiger partial charge in [-0.3, -0.25) is 14.9 Å². The molecule has 0 heterocycles. The van der Waals surface area contributed by atoms with Crippen molar-refractivity contribution in [3.63, 3.8) is 0 Å². The fourth-order valence-corrected chi connectivity index (χ4v) is 4.22. The van der Waals surface area contributed by atoms with Gasteiger partial charge in [-0.05, 0) is 23.8 Å². The van der Waals surface area contributed by atoms with Crippen LogP contribution in [0.2, 0.25) is 0 Å². The van der Waals surface area contributed by atoms with Gasteiger partial charge in [0.25, 0.3) is 5.69 Å². The maximum atomic E-state index is 12.7. The highest BCUT2D eigenvalue weighted by atomic mass is 32.2. The minimum atomic E-state index is -4.00. The molecular formula is C20H20N2O7S. The molecule has 0 saturated heterocycles. The van der Waals surface area contributed by atoms with Gasteiger partial charge in [-0.25, -0.2) is 13.1 Å². The lowest BCUT2D eigenvalue weighted by Crippen LogP contribution is -2.45. The van der Waals surface area contributed by atoms with Crippen molar-refractivity contribution < 1.29 is 27.6 Å². The van der Waals surface area contributed by atoms with E-state index in [1.54, 1.807) is 12.2 Å². The van der Waals surface area contributed by atoms with Crippen molar-refractivity contribution in [3.8, 4) is 0 Å². The maximum Gasteiger partial charge on any atom is 0.303 e. The number of ether oxygens (including phenoxy) is 2. The first kappa shape index (κ1) is 21.6.